The van der Waals surface area contributed by atoms with Crippen molar-refractivity contribution in [3.05, 3.63) is 59.7 Å². The molecule has 0 aliphatic heterocycles. The Balaban J connectivity index is 1.52. The van der Waals surface area contributed by atoms with E-state index in [1.165, 1.54) is 0 Å². The van der Waals surface area contributed by atoms with Crippen molar-refractivity contribution in [3.8, 4) is 11.8 Å². The predicted molar refractivity (Wildman–Crippen MR) is 101 cm³/mol. The fraction of sp³-hybridized carbons (Fsp3) is 0.286. The van der Waals surface area contributed by atoms with Crippen LogP contribution in [0.5, 0.6) is 5.75 Å². The Bertz CT molecular complexity index is 863. The number of carbonyl (C=O) groups excluding carboxylic acids is 2. The summed E-state index contributed by atoms with van der Waals surface area (Å²) in [4.78, 5) is 25.1. The Labute approximate surface area is 158 Å². The molecule has 2 aromatic carbocycles. The molecule has 0 saturated heterocycles. The average molecular weight is 363 g/mol. The fourth-order valence-electron chi connectivity index (χ4n) is 2.84. The first-order chi connectivity index (χ1) is 13.1. The van der Waals surface area contributed by atoms with Crippen molar-refractivity contribution in [1.29, 1.82) is 5.26 Å². The number of nitrogens with one attached hydrogen (secondary N) is 2. The Kier molecular flexibility index (Phi) is 5.41. The molecule has 3 rings (SSSR count). The van der Waals surface area contributed by atoms with Crippen molar-refractivity contribution in [2.45, 2.75) is 19.3 Å². The zero-order chi connectivity index (χ0) is 19.3. The standard InChI is InChI=1S/C21H21N3O3/c1-27-18-8-4-15(5-9-18)10-13-23-19(25)21(11-12-21)20(26)24-17-6-2-16(14-22)3-7-17/h2-9H,10-13H2,1H3,(H,23,25)(H,24,26). The first-order valence-electron chi connectivity index (χ1n) is 8.80. The fourth-order valence-corrected chi connectivity index (χ4v) is 2.84. The van der Waals surface area contributed by atoms with Crippen molar-refractivity contribution in [1.82, 2.24) is 5.32 Å². The third kappa shape index (κ3) is 4.26. The lowest BCUT2D eigenvalue weighted by Gasteiger charge is -2.15. The molecule has 0 radical (unpaired) electrons. The van der Waals surface area contributed by atoms with Crippen molar-refractivity contribution >= 4 is 17.5 Å². The number of hydrogen-bond donors (Lipinski definition) is 2. The minimum absolute atomic E-state index is 0.234. The molecule has 1 saturated carbocycles. The minimum Gasteiger partial charge on any atom is -0.497 e. The van der Waals surface area contributed by atoms with Gasteiger partial charge in [0.15, 0.2) is 0 Å². The molecule has 0 unspecified atom stereocenters. The molecular formula is C21H21N3O3. The second-order valence-electron chi connectivity index (χ2n) is 6.58. The van der Waals surface area contributed by atoms with Crippen LogP contribution in [0.4, 0.5) is 5.69 Å². The van der Waals surface area contributed by atoms with Gasteiger partial charge in [0, 0.05) is 12.2 Å². The quantitative estimate of drug-likeness (QED) is 0.740. The highest BCUT2D eigenvalue weighted by atomic mass is 16.5. The van der Waals surface area contributed by atoms with E-state index in [0.29, 0.717) is 37.1 Å². The van der Waals surface area contributed by atoms with Crippen molar-refractivity contribution in [2.24, 2.45) is 5.41 Å². The summed E-state index contributed by atoms with van der Waals surface area (Å²) in [6.07, 6.45) is 1.77. The van der Waals surface area contributed by atoms with Gasteiger partial charge in [-0.25, -0.2) is 0 Å². The number of anilines is 1. The summed E-state index contributed by atoms with van der Waals surface area (Å²) in [6.45, 7) is 0.469. The van der Waals surface area contributed by atoms with Gasteiger partial charge in [-0.3, -0.25) is 9.59 Å². The van der Waals surface area contributed by atoms with Crippen LogP contribution in [0.1, 0.15) is 24.0 Å². The van der Waals surface area contributed by atoms with E-state index in [0.717, 1.165) is 11.3 Å². The second kappa shape index (κ2) is 7.92. The molecule has 6 heteroatoms. The molecule has 0 bridgehead atoms. The molecule has 1 fully saturated rings. The minimum atomic E-state index is -0.978. The van der Waals surface area contributed by atoms with E-state index >= 15 is 0 Å². The number of ether oxygens (including phenoxy) is 1. The maximum Gasteiger partial charge on any atom is 0.240 e. The third-order valence-corrected chi connectivity index (χ3v) is 4.75. The second-order valence-corrected chi connectivity index (χ2v) is 6.58. The van der Waals surface area contributed by atoms with Gasteiger partial charge in [-0.2, -0.15) is 5.26 Å². The predicted octanol–water partition coefficient (Wildman–Crippen LogP) is 2.64. The van der Waals surface area contributed by atoms with Gasteiger partial charge in [0.1, 0.15) is 11.2 Å². The first kappa shape index (κ1) is 18.5. The van der Waals surface area contributed by atoms with Gasteiger partial charge in [-0.05, 0) is 61.2 Å². The number of carbonyl (C=O) groups is 2. The highest BCUT2D eigenvalue weighted by Gasteiger charge is 2.56. The number of nitriles is 1. The molecule has 0 spiro atoms. The van der Waals surface area contributed by atoms with Crippen molar-refractivity contribution in [3.63, 3.8) is 0 Å². The molecule has 2 aromatic rings. The van der Waals surface area contributed by atoms with Crippen molar-refractivity contribution < 1.29 is 14.3 Å². The summed E-state index contributed by atoms with van der Waals surface area (Å²) in [5, 5.41) is 14.5. The molecule has 138 valence electrons. The normalized spacial score (nSPS) is 13.9. The monoisotopic (exact) mass is 363 g/mol. The smallest absolute Gasteiger partial charge is 0.240 e. The van der Waals surface area contributed by atoms with E-state index in [4.69, 9.17) is 10.00 Å². The molecule has 1 aliphatic rings. The van der Waals surface area contributed by atoms with Gasteiger partial charge in [0.25, 0.3) is 0 Å². The van der Waals surface area contributed by atoms with Crippen LogP contribution in [0.3, 0.4) is 0 Å². The topological polar surface area (TPSA) is 91.2 Å². The highest BCUT2D eigenvalue weighted by Crippen LogP contribution is 2.46. The van der Waals surface area contributed by atoms with Crippen LogP contribution in [-0.4, -0.2) is 25.5 Å². The van der Waals surface area contributed by atoms with Gasteiger partial charge in [0.2, 0.25) is 11.8 Å². The summed E-state index contributed by atoms with van der Waals surface area (Å²) >= 11 is 0. The molecule has 1 aliphatic carbocycles. The Morgan fingerprint density at radius 2 is 1.74 bits per heavy atom. The van der Waals surface area contributed by atoms with E-state index < -0.39 is 5.41 Å². The molecular weight excluding hydrogens is 342 g/mol. The molecule has 6 nitrogen and oxygen atoms in total. The zero-order valence-corrected chi connectivity index (χ0v) is 15.1. The summed E-state index contributed by atoms with van der Waals surface area (Å²) in [7, 11) is 1.62. The lowest BCUT2D eigenvalue weighted by Crippen LogP contribution is -2.40. The van der Waals surface area contributed by atoms with Crippen LogP contribution in [-0.2, 0) is 16.0 Å². The van der Waals surface area contributed by atoms with Crippen LogP contribution < -0.4 is 15.4 Å². The number of amides is 2. The Morgan fingerprint density at radius 3 is 2.30 bits per heavy atom. The Morgan fingerprint density at radius 1 is 1.07 bits per heavy atom. The third-order valence-electron chi connectivity index (χ3n) is 4.75. The van der Waals surface area contributed by atoms with E-state index in [9.17, 15) is 9.59 Å². The number of rotatable bonds is 7. The number of benzene rings is 2. The van der Waals surface area contributed by atoms with E-state index in [2.05, 4.69) is 10.6 Å². The Hall–Kier alpha value is -3.33. The molecule has 0 atom stereocenters. The van der Waals surface area contributed by atoms with Crippen LogP contribution in [0.25, 0.3) is 0 Å². The summed E-state index contributed by atoms with van der Waals surface area (Å²) < 4.78 is 5.12. The van der Waals surface area contributed by atoms with E-state index in [1.54, 1.807) is 31.4 Å². The van der Waals surface area contributed by atoms with Gasteiger partial charge in [0.05, 0.1) is 18.7 Å². The first-order valence-corrected chi connectivity index (χ1v) is 8.80. The number of nitrogens with zero attached hydrogens (tertiary/aromatic N) is 1. The van der Waals surface area contributed by atoms with E-state index in [-0.39, 0.29) is 11.8 Å². The average Bonchev–Trinajstić information content (AvgIpc) is 3.51. The van der Waals surface area contributed by atoms with Crippen LogP contribution in [0.15, 0.2) is 48.5 Å². The lowest BCUT2D eigenvalue weighted by atomic mass is 10.0. The lowest BCUT2D eigenvalue weighted by molar-refractivity contribution is -0.134. The van der Waals surface area contributed by atoms with Crippen LogP contribution >= 0.6 is 0 Å². The SMILES string of the molecule is COc1ccc(CCNC(=O)C2(C(=O)Nc3ccc(C#N)cc3)CC2)cc1. The maximum absolute atomic E-state index is 12.5. The van der Waals surface area contributed by atoms with Gasteiger partial charge in [-0.1, -0.05) is 12.1 Å². The van der Waals surface area contributed by atoms with Crippen molar-refractivity contribution in [2.75, 3.05) is 19.0 Å². The summed E-state index contributed by atoms with van der Waals surface area (Å²) in [6, 6.07) is 16.3. The van der Waals surface area contributed by atoms with Gasteiger partial charge < -0.3 is 15.4 Å². The van der Waals surface area contributed by atoms with Gasteiger partial charge in [-0.15, -0.1) is 0 Å². The highest BCUT2D eigenvalue weighted by molar-refractivity contribution is 6.13. The van der Waals surface area contributed by atoms with E-state index in [1.807, 2.05) is 30.3 Å². The summed E-state index contributed by atoms with van der Waals surface area (Å²) in [5.74, 6) is 0.260. The number of methoxy groups -OCH3 is 1. The van der Waals surface area contributed by atoms with Crippen LogP contribution in [0, 0.1) is 16.7 Å². The molecule has 0 aromatic heterocycles. The largest absolute Gasteiger partial charge is 0.497 e. The molecule has 2 amide bonds. The maximum atomic E-state index is 12.5. The zero-order valence-electron chi connectivity index (χ0n) is 15.1. The van der Waals surface area contributed by atoms with Crippen LogP contribution in [0.2, 0.25) is 0 Å². The number of hydrogen-bond acceptors (Lipinski definition) is 4. The molecule has 0 heterocycles. The van der Waals surface area contributed by atoms with Gasteiger partial charge >= 0.3 is 0 Å². The molecule has 2 N–H and O–H groups in total. The molecule has 27 heavy (non-hydrogen) atoms. The summed E-state index contributed by atoms with van der Waals surface area (Å²) in [5.41, 5.74) is 1.21.